The van der Waals surface area contributed by atoms with Gasteiger partial charge in [-0.25, -0.2) is 4.79 Å². The van der Waals surface area contributed by atoms with Gasteiger partial charge in [-0.2, -0.15) is 5.26 Å². The van der Waals surface area contributed by atoms with Crippen LogP contribution < -0.4 is 15.4 Å². The number of carbonyl (C=O) groups is 1. The van der Waals surface area contributed by atoms with Crippen molar-refractivity contribution in [2.75, 3.05) is 6.61 Å². The first-order valence-corrected chi connectivity index (χ1v) is 8.14. The molecule has 1 aliphatic rings. The Labute approximate surface area is 143 Å². The highest BCUT2D eigenvalue weighted by Gasteiger charge is 2.40. The maximum Gasteiger partial charge on any atom is 0.407 e. The van der Waals surface area contributed by atoms with E-state index in [0.29, 0.717) is 5.75 Å². The van der Waals surface area contributed by atoms with Crippen LogP contribution in [0.15, 0.2) is 24.3 Å². The van der Waals surface area contributed by atoms with Gasteiger partial charge in [-0.3, -0.25) is 0 Å². The first-order valence-electron chi connectivity index (χ1n) is 8.14. The molecule has 0 aliphatic heterocycles. The van der Waals surface area contributed by atoms with Gasteiger partial charge in [0.05, 0.1) is 0 Å². The monoisotopic (exact) mass is 331 g/mol. The van der Waals surface area contributed by atoms with Gasteiger partial charge in [0.1, 0.15) is 17.4 Å². The molecule has 0 spiro atoms. The molecule has 0 aromatic heterocycles. The third-order valence-electron chi connectivity index (χ3n) is 3.64. The summed E-state index contributed by atoms with van der Waals surface area (Å²) in [5, 5.41) is 14.9. The van der Waals surface area contributed by atoms with Crippen molar-refractivity contribution in [1.29, 1.82) is 5.26 Å². The maximum atomic E-state index is 11.7. The number of alkyl carbamates (subject to hydrolysis) is 1. The van der Waals surface area contributed by atoms with Crippen LogP contribution in [-0.2, 0) is 4.74 Å². The first kappa shape index (κ1) is 18.1. The molecule has 6 nitrogen and oxygen atoms in total. The lowest BCUT2D eigenvalue weighted by molar-refractivity contribution is 0.0522. The molecule has 1 fully saturated rings. The standard InChI is InChI=1S/C18H25N3O3/c1-12(13-5-7-14(8-6-13)23-10-9-19)20-15-11-16(15)21-17(22)24-18(2,3)4/h5-8,12,15-16,20H,10-11H2,1-4H3,(H,21,22). The van der Waals surface area contributed by atoms with Crippen LogP contribution >= 0.6 is 0 Å². The smallest absolute Gasteiger partial charge is 0.407 e. The fourth-order valence-electron chi connectivity index (χ4n) is 2.38. The lowest BCUT2D eigenvalue weighted by atomic mass is 10.1. The molecule has 0 saturated heterocycles. The fraction of sp³-hybridized carbons (Fsp3) is 0.556. The Hall–Kier alpha value is -2.26. The molecule has 0 radical (unpaired) electrons. The Morgan fingerprint density at radius 3 is 2.58 bits per heavy atom. The van der Waals surface area contributed by atoms with Crippen molar-refractivity contribution >= 4 is 6.09 Å². The number of amides is 1. The van der Waals surface area contributed by atoms with Crippen LogP contribution in [0.4, 0.5) is 4.79 Å². The Morgan fingerprint density at radius 2 is 2.00 bits per heavy atom. The maximum absolute atomic E-state index is 11.7. The summed E-state index contributed by atoms with van der Waals surface area (Å²) < 4.78 is 10.5. The first-order chi connectivity index (χ1) is 11.3. The summed E-state index contributed by atoms with van der Waals surface area (Å²) in [4.78, 5) is 11.7. The van der Waals surface area contributed by atoms with Crippen LogP contribution in [0.25, 0.3) is 0 Å². The largest absolute Gasteiger partial charge is 0.479 e. The molecule has 24 heavy (non-hydrogen) atoms. The highest BCUT2D eigenvalue weighted by Crippen LogP contribution is 2.26. The Kier molecular flexibility index (Phi) is 5.68. The van der Waals surface area contributed by atoms with E-state index in [1.165, 1.54) is 0 Å². The van der Waals surface area contributed by atoms with Gasteiger partial charge in [0.2, 0.25) is 0 Å². The summed E-state index contributed by atoms with van der Waals surface area (Å²) in [6.45, 7) is 7.67. The zero-order chi connectivity index (χ0) is 17.7. The summed E-state index contributed by atoms with van der Waals surface area (Å²) in [7, 11) is 0. The van der Waals surface area contributed by atoms with E-state index in [-0.39, 0.29) is 30.8 Å². The second-order valence-electron chi connectivity index (χ2n) is 7.00. The second-order valence-corrected chi connectivity index (χ2v) is 7.00. The molecular weight excluding hydrogens is 306 g/mol. The summed E-state index contributed by atoms with van der Waals surface area (Å²) in [6.07, 6.45) is 0.524. The van der Waals surface area contributed by atoms with Crippen LogP contribution in [0.1, 0.15) is 45.7 Å². The van der Waals surface area contributed by atoms with E-state index in [4.69, 9.17) is 14.7 Å². The summed E-state index contributed by atoms with van der Waals surface area (Å²) in [5.41, 5.74) is 0.645. The summed E-state index contributed by atoms with van der Waals surface area (Å²) >= 11 is 0. The third-order valence-corrected chi connectivity index (χ3v) is 3.64. The predicted octanol–water partition coefficient (Wildman–Crippen LogP) is 2.91. The van der Waals surface area contributed by atoms with E-state index in [1.807, 2.05) is 51.1 Å². The van der Waals surface area contributed by atoms with E-state index in [1.54, 1.807) is 0 Å². The highest BCUT2D eigenvalue weighted by molar-refractivity contribution is 5.68. The molecule has 2 rings (SSSR count). The zero-order valence-electron chi connectivity index (χ0n) is 14.6. The molecule has 1 aromatic carbocycles. The molecule has 1 saturated carbocycles. The molecular formula is C18H25N3O3. The van der Waals surface area contributed by atoms with Gasteiger partial charge < -0.3 is 20.1 Å². The lowest BCUT2D eigenvalue weighted by Crippen LogP contribution is -2.37. The molecule has 2 N–H and O–H groups in total. The number of benzene rings is 1. The number of hydrogen-bond donors (Lipinski definition) is 2. The van der Waals surface area contributed by atoms with Crippen LogP contribution in [0.2, 0.25) is 0 Å². The molecule has 3 unspecified atom stereocenters. The van der Waals surface area contributed by atoms with E-state index < -0.39 is 5.60 Å². The number of hydrogen-bond acceptors (Lipinski definition) is 5. The van der Waals surface area contributed by atoms with Gasteiger partial charge in [-0.05, 0) is 51.8 Å². The predicted molar refractivity (Wildman–Crippen MR) is 90.7 cm³/mol. The van der Waals surface area contributed by atoms with Crippen LogP contribution in [-0.4, -0.2) is 30.4 Å². The van der Waals surface area contributed by atoms with Gasteiger partial charge >= 0.3 is 6.09 Å². The Bertz CT molecular complexity index is 601. The van der Waals surface area contributed by atoms with Crippen LogP contribution in [0.3, 0.4) is 0 Å². The topological polar surface area (TPSA) is 83.4 Å². The van der Waals surface area contributed by atoms with Gasteiger partial charge in [0.25, 0.3) is 0 Å². The molecule has 0 heterocycles. The summed E-state index contributed by atoms with van der Waals surface area (Å²) in [5.74, 6) is 0.684. The number of nitrogens with zero attached hydrogens (tertiary/aromatic N) is 1. The minimum atomic E-state index is -0.482. The fourth-order valence-corrected chi connectivity index (χ4v) is 2.38. The number of carbonyl (C=O) groups excluding carboxylic acids is 1. The van der Waals surface area contributed by atoms with E-state index in [2.05, 4.69) is 17.6 Å². The average Bonchev–Trinajstić information content (AvgIpc) is 3.20. The average molecular weight is 331 g/mol. The molecule has 3 atom stereocenters. The third kappa shape index (κ3) is 5.74. The van der Waals surface area contributed by atoms with Gasteiger partial charge in [0, 0.05) is 18.1 Å². The second kappa shape index (κ2) is 7.54. The Morgan fingerprint density at radius 1 is 1.33 bits per heavy atom. The molecule has 1 aromatic rings. The van der Waals surface area contributed by atoms with Crippen molar-refractivity contribution in [2.24, 2.45) is 0 Å². The Balaban J connectivity index is 1.77. The number of rotatable bonds is 6. The van der Waals surface area contributed by atoms with Gasteiger partial charge in [0.15, 0.2) is 6.61 Å². The minimum Gasteiger partial charge on any atom is -0.479 e. The number of nitriles is 1. The molecule has 1 aliphatic carbocycles. The lowest BCUT2D eigenvalue weighted by Gasteiger charge is -2.20. The highest BCUT2D eigenvalue weighted by atomic mass is 16.6. The van der Waals surface area contributed by atoms with Crippen LogP contribution in [0, 0.1) is 11.3 Å². The molecule has 6 heteroatoms. The zero-order valence-corrected chi connectivity index (χ0v) is 14.6. The quantitative estimate of drug-likeness (QED) is 0.837. The van der Waals surface area contributed by atoms with Crippen molar-refractivity contribution in [3.8, 4) is 11.8 Å². The van der Waals surface area contributed by atoms with Crippen LogP contribution in [0.5, 0.6) is 5.75 Å². The number of nitrogens with one attached hydrogen (secondary N) is 2. The SMILES string of the molecule is CC(NC1CC1NC(=O)OC(C)(C)C)c1ccc(OCC#N)cc1. The van der Waals surface area contributed by atoms with Crippen molar-refractivity contribution < 1.29 is 14.3 Å². The van der Waals surface area contributed by atoms with Crippen molar-refractivity contribution in [2.45, 2.75) is 57.8 Å². The summed E-state index contributed by atoms with van der Waals surface area (Å²) in [6, 6.07) is 10.1. The van der Waals surface area contributed by atoms with Crippen molar-refractivity contribution in [3.63, 3.8) is 0 Å². The van der Waals surface area contributed by atoms with Crippen molar-refractivity contribution in [3.05, 3.63) is 29.8 Å². The minimum absolute atomic E-state index is 0.0488. The van der Waals surface area contributed by atoms with Gasteiger partial charge in [-0.15, -0.1) is 0 Å². The van der Waals surface area contributed by atoms with E-state index >= 15 is 0 Å². The van der Waals surface area contributed by atoms with Gasteiger partial charge in [-0.1, -0.05) is 12.1 Å². The molecule has 1 amide bonds. The molecule has 0 bridgehead atoms. The van der Waals surface area contributed by atoms with E-state index in [0.717, 1.165) is 12.0 Å². The molecule has 130 valence electrons. The normalized spacial score (nSPS) is 20.6. The van der Waals surface area contributed by atoms with Crippen molar-refractivity contribution in [1.82, 2.24) is 10.6 Å². The number of ether oxygens (including phenoxy) is 2. The van der Waals surface area contributed by atoms with E-state index in [9.17, 15) is 4.79 Å².